The summed E-state index contributed by atoms with van der Waals surface area (Å²) in [6, 6.07) is 10.3. The van der Waals surface area contributed by atoms with E-state index < -0.39 is 6.10 Å². The molecule has 1 aromatic carbocycles. The second kappa shape index (κ2) is 6.82. The van der Waals surface area contributed by atoms with Gasteiger partial charge in [0.05, 0.1) is 17.6 Å². The first-order valence-electron chi connectivity index (χ1n) is 6.27. The Kier molecular flexibility index (Phi) is 5.71. The minimum Gasteiger partial charge on any atom is -0.389 e. The van der Waals surface area contributed by atoms with Crippen LogP contribution in [-0.4, -0.2) is 10.9 Å². The molecule has 1 rings (SSSR count). The number of hydrogen-bond donors (Lipinski definition) is 1. The van der Waals surface area contributed by atoms with E-state index in [0.717, 1.165) is 24.2 Å². The molecule has 3 heteroatoms. The van der Waals surface area contributed by atoms with Crippen LogP contribution in [0.4, 0.5) is 0 Å². The molecule has 0 aliphatic rings. The van der Waals surface area contributed by atoms with Crippen LogP contribution < -0.4 is 0 Å². The maximum Gasteiger partial charge on any atom is 0.0761 e. The SMILES string of the molecule is CC(O)c1ccc(SCCCC(C)(C)C#N)cc1. The molecule has 1 unspecified atom stereocenters. The highest BCUT2D eigenvalue weighted by molar-refractivity contribution is 7.99. The van der Waals surface area contributed by atoms with Gasteiger partial charge in [-0.15, -0.1) is 11.8 Å². The summed E-state index contributed by atoms with van der Waals surface area (Å²) in [6.45, 7) is 5.73. The van der Waals surface area contributed by atoms with E-state index in [2.05, 4.69) is 6.07 Å². The van der Waals surface area contributed by atoms with Gasteiger partial charge < -0.3 is 5.11 Å². The minimum absolute atomic E-state index is 0.212. The number of nitriles is 1. The van der Waals surface area contributed by atoms with Crippen LogP contribution in [0.2, 0.25) is 0 Å². The lowest BCUT2D eigenvalue weighted by Crippen LogP contribution is -2.07. The van der Waals surface area contributed by atoms with Crippen LogP contribution >= 0.6 is 11.8 Å². The molecule has 0 saturated carbocycles. The van der Waals surface area contributed by atoms with Gasteiger partial charge in [0, 0.05) is 4.90 Å². The molecule has 0 aliphatic carbocycles. The first-order chi connectivity index (χ1) is 8.44. The summed E-state index contributed by atoms with van der Waals surface area (Å²) >= 11 is 1.80. The van der Waals surface area contributed by atoms with Crippen molar-refractivity contribution in [3.8, 4) is 6.07 Å². The van der Waals surface area contributed by atoms with Crippen molar-refractivity contribution < 1.29 is 5.11 Å². The van der Waals surface area contributed by atoms with E-state index in [-0.39, 0.29) is 5.41 Å². The number of rotatable bonds is 6. The van der Waals surface area contributed by atoms with Gasteiger partial charge in [-0.3, -0.25) is 0 Å². The molecule has 0 aliphatic heterocycles. The standard InChI is InChI=1S/C15H21NOS/c1-12(17)13-5-7-14(8-6-13)18-10-4-9-15(2,3)11-16/h5-8,12,17H,4,9-10H2,1-3H3. The topological polar surface area (TPSA) is 44.0 Å². The van der Waals surface area contributed by atoms with Gasteiger partial charge >= 0.3 is 0 Å². The van der Waals surface area contributed by atoms with Gasteiger partial charge in [-0.05, 0) is 57.1 Å². The highest BCUT2D eigenvalue weighted by atomic mass is 32.2. The van der Waals surface area contributed by atoms with Crippen molar-refractivity contribution in [1.82, 2.24) is 0 Å². The van der Waals surface area contributed by atoms with Gasteiger partial charge in [-0.2, -0.15) is 5.26 Å². The maximum atomic E-state index is 9.41. The van der Waals surface area contributed by atoms with E-state index in [1.807, 2.05) is 38.1 Å². The van der Waals surface area contributed by atoms with Gasteiger partial charge in [0.15, 0.2) is 0 Å². The van der Waals surface area contributed by atoms with E-state index in [1.54, 1.807) is 18.7 Å². The number of thioether (sulfide) groups is 1. The largest absolute Gasteiger partial charge is 0.389 e. The van der Waals surface area contributed by atoms with Crippen molar-refractivity contribution >= 4 is 11.8 Å². The summed E-state index contributed by atoms with van der Waals surface area (Å²) in [7, 11) is 0. The van der Waals surface area contributed by atoms with E-state index in [1.165, 1.54) is 4.90 Å². The number of benzene rings is 1. The Morgan fingerprint density at radius 3 is 2.44 bits per heavy atom. The van der Waals surface area contributed by atoms with E-state index in [0.29, 0.717) is 0 Å². The second-order valence-electron chi connectivity index (χ2n) is 5.19. The van der Waals surface area contributed by atoms with Crippen molar-refractivity contribution in [3.63, 3.8) is 0 Å². The molecular weight excluding hydrogens is 242 g/mol. The monoisotopic (exact) mass is 263 g/mol. The molecule has 0 spiro atoms. The number of nitrogens with zero attached hydrogens (tertiary/aromatic N) is 1. The fraction of sp³-hybridized carbons (Fsp3) is 0.533. The lowest BCUT2D eigenvalue weighted by Gasteiger charge is -2.14. The molecule has 2 nitrogen and oxygen atoms in total. The van der Waals surface area contributed by atoms with E-state index in [9.17, 15) is 5.11 Å². The Balaban J connectivity index is 2.34. The lowest BCUT2D eigenvalue weighted by molar-refractivity contribution is 0.199. The summed E-state index contributed by atoms with van der Waals surface area (Å²) in [5, 5.41) is 18.3. The van der Waals surface area contributed by atoms with Gasteiger partial charge in [0.2, 0.25) is 0 Å². The summed E-state index contributed by atoms with van der Waals surface area (Å²) in [5.74, 6) is 1.03. The minimum atomic E-state index is -0.402. The van der Waals surface area contributed by atoms with Crippen LogP contribution in [0.3, 0.4) is 0 Å². The zero-order valence-corrected chi connectivity index (χ0v) is 12.1. The molecule has 0 bridgehead atoms. The fourth-order valence-electron chi connectivity index (χ4n) is 1.60. The number of aliphatic hydroxyl groups is 1. The fourth-order valence-corrected chi connectivity index (χ4v) is 2.46. The molecule has 0 amide bonds. The van der Waals surface area contributed by atoms with Crippen LogP contribution in [0, 0.1) is 16.7 Å². The van der Waals surface area contributed by atoms with Crippen LogP contribution in [-0.2, 0) is 0 Å². The quantitative estimate of drug-likeness (QED) is 0.619. The molecule has 0 aromatic heterocycles. The number of hydrogen-bond acceptors (Lipinski definition) is 3. The highest BCUT2D eigenvalue weighted by Gasteiger charge is 2.15. The first kappa shape index (κ1) is 15.1. The maximum absolute atomic E-state index is 9.41. The van der Waals surface area contributed by atoms with Crippen LogP contribution in [0.15, 0.2) is 29.2 Å². The lowest BCUT2D eigenvalue weighted by atomic mass is 9.90. The third-order valence-corrected chi connectivity index (χ3v) is 3.98. The predicted octanol–water partition coefficient (Wildman–Crippen LogP) is 4.16. The average molecular weight is 263 g/mol. The van der Waals surface area contributed by atoms with Crippen LogP contribution in [0.1, 0.15) is 45.3 Å². The highest BCUT2D eigenvalue weighted by Crippen LogP contribution is 2.25. The molecule has 0 heterocycles. The Morgan fingerprint density at radius 1 is 1.33 bits per heavy atom. The molecule has 1 N–H and O–H groups in total. The Bertz CT molecular complexity index is 403. The van der Waals surface area contributed by atoms with Crippen molar-refractivity contribution in [2.75, 3.05) is 5.75 Å². The molecule has 0 saturated heterocycles. The molecule has 18 heavy (non-hydrogen) atoms. The smallest absolute Gasteiger partial charge is 0.0761 e. The normalized spacial score (nSPS) is 13.1. The summed E-state index contributed by atoms with van der Waals surface area (Å²) in [4.78, 5) is 1.22. The van der Waals surface area contributed by atoms with Gasteiger partial charge in [-0.1, -0.05) is 12.1 Å². The molecular formula is C15H21NOS. The summed E-state index contributed by atoms with van der Waals surface area (Å²) in [5.41, 5.74) is 0.737. The molecule has 0 fully saturated rings. The third kappa shape index (κ3) is 5.12. The van der Waals surface area contributed by atoms with Crippen LogP contribution in [0.25, 0.3) is 0 Å². The second-order valence-corrected chi connectivity index (χ2v) is 6.36. The average Bonchev–Trinajstić information content (AvgIpc) is 2.35. The zero-order valence-electron chi connectivity index (χ0n) is 11.3. The molecule has 1 aromatic rings. The van der Waals surface area contributed by atoms with Gasteiger partial charge in [0.25, 0.3) is 0 Å². The van der Waals surface area contributed by atoms with Crippen molar-refractivity contribution in [1.29, 1.82) is 5.26 Å². The zero-order chi connectivity index (χ0) is 13.6. The third-order valence-electron chi connectivity index (χ3n) is 2.88. The van der Waals surface area contributed by atoms with E-state index >= 15 is 0 Å². The Morgan fingerprint density at radius 2 is 1.94 bits per heavy atom. The first-order valence-corrected chi connectivity index (χ1v) is 7.25. The van der Waals surface area contributed by atoms with Crippen molar-refractivity contribution in [2.24, 2.45) is 5.41 Å². The van der Waals surface area contributed by atoms with Gasteiger partial charge in [-0.25, -0.2) is 0 Å². The van der Waals surface area contributed by atoms with Crippen molar-refractivity contribution in [3.05, 3.63) is 29.8 Å². The summed E-state index contributed by atoms with van der Waals surface area (Å²) < 4.78 is 0. The van der Waals surface area contributed by atoms with E-state index in [4.69, 9.17) is 5.26 Å². The number of aliphatic hydroxyl groups excluding tert-OH is 1. The predicted molar refractivity (Wildman–Crippen MR) is 76.4 cm³/mol. The van der Waals surface area contributed by atoms with Gasteiger partial charge in [0.1, 0.15) is 0 Å². The van der Waals surface area contributed by atoms with Crippen LogP contribution in [0.5, 0.6) is 0 Å². The summed E-state index contributed by atoms with van der Waals surface area (Å²) in [6.07, 6.45) is 1.58. The molecule has 0 radical (unpaired) electrons. The molecule has 1 atom stereocenters. The Labute approximate surface area is 114 Å². The Hall–Kier alpha value is -0.980. The molecule has 98 valence electrons. The van der Waals surface area contributed by atoms with Crippen molar-refractivity contribution in [2.45, 2.75) is 44.6 Å².